The molecule has 4 N–H and O–H groups in total. The number of benzene rings is 2. The Labute approximate surface area is 169 Å². The molecule has 1 fully saturated rings. The summed E-state index contributed by atoms with van der Waals surface area (Å²) in [5.41, 5.74) is 6.26. The van der Waals surface area contributed by atoms with Gasteiger partial charge in [0, 0.05) is 12.5 Å². The maximum absolute atomic E-state index is 11.6. The Bertz CT molecular complexity index is 1010. The fraction of sp³-hybridized carbons (Fsp3) is 0.211. The first-order valence-corrected chi connectivity index (χ1v) is 8.77. The molecule has 11 heteroatoms. The second-order valence-electron chi connectivity index (χ2n) is 6.54. The van der Waals surface area contributed by atoms with Crippen LogP contribution in [0.1, 0.15) is 11.1 Å². The van der Waals surface area contributed by atoms with Crippen molar-refractivity contribution in [2.75, 3.05) is 0 Å². The van der Waals surface area contributed by atoms with Crippen molar-refractivity contribution in [3.05, 3.63) is 63.7 Å². The lowest BCUT2D eigenvalue weighted by molar-refractivity contribution is -0.385. The van der Waals surface area contributed by atoms with E-state index in [9.17, 15) is 24.5 Å². The lowest BCUT2D eigenvalue weighted by Gasteiger charge is -2.11. The molecule has 1 heterocycles. The summed E-state index contributed by atoms with van der Waals surface area (Å²) in [4.78, 5) is 44.3. The molecular weight excluding hydrogens is 398 g/mol. The standard InChI is InChI=1S/C19H17N3O8/c20-13(18(24)25)7-10-1-4-12(5-2-10)29-15-6-3-11(8-14(15)22(27)28)9-16-17(23)21-19(26)30-16/h1-6,8,13,16H,7,9,20H2,(H,24,25)(H,21,23,26). The van der Waals surface area contributed by atoms with E-state index in [1.54, 1.807) is 24.3 Å². The predicted octanol–water partition coefficient (Wildman–Crippen LogP) is 1.52. The van der Waals surface area contributed by atoms with E-state index in [0.717, 1.165) is 0 Å². The van der Waals surface area contributed by atoms with Gasteiger partial charge in [0.2, 0.25) is 5.75 Å². The molecule has 0 aromatic heterocycles. The van der Waals surface area contributed by atoms with Crippen LogP contribution in [0.25, 0.3) is 0 Å². The van der Waals surface area contributed by atoms with E-state index in [-0.39, 0.29) is 24.3 Å². The number of hydrogen-bond donors (Lipinski definition) is 3. The van der Waals surface area contributed by atoms with Crippen LogP contribution in [-0.4, -0.2) is 40.1 Å². The molecule has 1 aliphatic rings. The SMILES string of the molecule is NC(Cc1ccc(Oc2ccc(CC3OC(=O)NC3=O)cc2[N+](=O)[O-])cc1)C(=O)O. The number of cyclic esters (lactones) is 1. The van der Waals surface area contributed by atoms with Gasteiger partial charge in [-0.1, -0.05) is 18.2 Å². The lowest BCUT2D eigenvalue weighted by Crippen LogP contribution is -2.32. The average Bonchev–Trinajstić information content (AvgIpc) is 3.01. The van der Waals surface area contributed by atoms with Gasteiger partial charge in [-0.25, -0.2) is 4.79 Å². The summed E-state index contributed by atoms with van der Waals surface area (Å²) in [6.45, 7) is 0. The number of nitrogens with two attached hydrogens (primary N) is 1. The Morgan fingerprint density at radius 3 is 2.47 bits per heavy atom. The van der Waals surface area contributed by atoms with Crippen molar-refractivity contribution in [2.45, 2.75) is 25.0 Å². The first kappa shape index (κ1) is 20.7. The number of amides is 2. The number of carboxylic acids is 1. The largest absolute Gasteiger partial charge is 0.480 e. The molecule has 0 aliphatic carbocycles. The van der Waals surface area contributed by atoms with Crippen molar-refractivity contribution in [3.8, 4) is 11.5 Å². The average molecular weight is 415 g/mol. The van der Waals surface area contributed by atoms with Crippen LogP contribution in [0.15, 0.2) is 42.5 Å². The fourth-order valence-corrected chi connectivity index (χ4v) is 2.82. The summed E-state index contributed by atoms with van der Waals surface area (Å²) in [6.07, 6.45) is -1.79. The maximum atomic E-state index is 11.6. The van der Waals surface area contributed by atoms with Crippen molar-refractivity contribution >= 4 is 23.7 Å². The number of carboxylic acid groups (broad SMARTS) is 1. The number of rotatable bonds is 8. The number of carbonyl (C=O) groups is 3. The van der Waals surface area contributed by atoms with Crippen LogP contribution < -0.4 is 15.8 Å². The zero-order chi connectivity index (χ0) is 21.8. The third-order valence-corrected chi connectivity index (χ3v) is 4.33. The predicted molar refractivity (Wildman–Crippen MR) is 101 cm³/mol. The highest BCUT2D eigenvalue weighted by Gasteiger charge is 2.32. The monoisotopic (exact) mass is 415 g/mol. The molecule has 156 valence electrons. The quantitative estimate of drug-likeness (QED) is 0.427. The number of carbonyl (C=O) groups excluding carboxylic acids is 2. The van der Waals surface area contributed by atoms with Gasteiger partial charge in [0.05, 0.1) is 4.92 Å². The van der Waals surface area contributed by atoms with Crippen LogP contribution in [0, 0.1) is 10.1 Å². The number of alkyl carbamates (subject to hydrolysis) is 1. The number of nitrogens with one attached hydrogen (secondary N) is 1. The van der Waals surface area contributed by atoms with Gasteiger partial charge >= 0.3 is 17.7 Å². The highest BCUT2D eigenvalue weighted by atomic mass is 16.6. The summed E-state index contributed by atoms with van der Waals surface area (Å²) in [6, 6.07) is 9.45. The molecule has 2 aromatic carbocycles. The van der Waals surface area contributed by atoms with E-state index < -0.39 is 35.0 Å². The van der Waals surface area contributed by atoms with Gasteiger partial charge in [-0.05, 0) is 35.7 Å². The molecule has 2 unspecified atom stereocenters. The van der Waals surface area contributed by atoms with E-state index in [0.29, 0.717) is 16.9 Å². The fourth-order valence-electron chi connectivity index (χ4n) is 2.82. The number of ether oxygens (including phenoxy) is 2. The number of nitro benzene ring substituents is 1. The van der Waals surface area contributed by atoms with Crippen LogP contribution in [0.4, 0.5) is 10.5 Å². The molecule has 1 saturated heterocycles. The summed E-state index contributed by atoms with van der Waals surface area (Å²) < 4.78 is 10.4. The number of imide groups is 1. The van der Waals surface area contributed by atoms with E-state index >= 15 is 0 Å². The topological polar surface area (TPSA) is 171 Å². The minimum Gasteiger partial charge on any atom is -0.480 e. The van der Waals surface area contributed by atoms with Crippen molar-refractivity contribution < 1.29 is 33.9 Å². The second kappa shape index (κ2) is 8.57. The Morgan fingerprint density at radius 2 is 1.90 bits per heavy atom. The van der Waals surface area contributed by atoms with Crippen molar-refractivity contribution in [1.29, 1.82) is 0 Å². The van der Waals surface area contributed by atoms with Crippen LogP contribution in [-0.2, 0) is 27.2 Å². The maximum Gasteiger partial charge on any atom is 0.414 e. The Balaban J connectivity index is 1.74. The van der Waals surface area contributed by atoms with E-state index in [4.69, 9.17) is 20.3 Å². The van der Waals surface area contributed by atoms with Crippen LogP contribution in [0.5, 0.6) is 11.5 Å². The van der Waals surface area contributed by atoms with Crippen LogP contribution in [0.3, 0.4) is 0 Å². The zero-order valence-electron chi connectivity index (χ0n) is 15.4. The summed E-state index contributed by atoms with van der Waals surface area (Å²) >= 11 is 0. The zero-order valence-corrected chi connectivity index (χ0v) is 15.4. The third-order valence-electron chi connectivity index (χ3n) is 4.33. The van der Waals surface area contributed by atoms with E-state index in [2.05, 4.69) is 0 Å². The van der Waals surface area contributed by atoms with Crippen LogP contribution >= 0.6 is 0 Å². The molecule has 0 radical (unpaired) electrons. The highest BCUT2D eigenvalue weighted by molar-refractivity contribution is 6.00. The molecule has 3 rings (SSSR count). The molecule has 1 aliphatic heterocycles. The molecule has 0 bridgehead atoms. The van der Waals surface area contributed by atoms with E-state index in [1.807, 2.05) is 5.32 Å². The normalized spacial score (nSPS) is 16.5. The van der Waals surface area contributed by atoms with Gasteiger partial charge in [0.15, 0.2) is 6.10 Å². The van der Waals surface area contributed by atoms with Crippen LogP contribution in [0.2, 0.25) is 0 Å². The first-order valence-electron chi connectivity index (χ1n) is 8.77. The van der Waals surface area contributed by atoms with Crippen molar-refractivity contribution in [2.24, 2.45) is 5.73 Å². The summed E-state index contributed by atoms with van der Waals surface area (Å²) in [7, 11) is 0. The molecule has 30 heavy (non-hydrogen) atoms. The number of nitro groups is 1. The molecule has 2 aromatic rings. The van der Waals surface area contributed by atoms with Crippen molar-refractivity contribution in [1.82, 2.24) is 5.32 Å². The van der Waals surface area contributed by atoms with Gasteiger partial charge < -0.3 is 20.3 Å². The smallest absolute Gasteiger partial charge is 0.414 e. The van der Waals surface area contributed by atoms with Gasteiger partial charge in [0.25, 0.3) is 5.91 Å². The minimum absolute atomic E-state index is 0.0166. The van der Waals surface area contributed by atoms with Gasteiger partial charge in [-0.2, -0.15) is 0 Å². The second-order valence-corrected chi connectivity index (χ2v) is 6.54. The Kier molecular flexibility index (Phi) is 5.93. The molecule has 0 spiro atoms. The lowest BCUT2D eigenvalue weighted by atomic mass is 10.1. The molecule has 11 nitrogen and oxygen atoms in total. The van der Waals surface area contributed by atoms with Crippen molar-refractivity contribution in [3.63, 3.8) is 0 Å². The Morgan fingerprint density at radius 1 is 1.23 bits per heavy atom. The number of aliphatic carboxylic acids is 1. The molecule has 2 amide bonds. The molecule has 2 atom stereocenters. The minimum atomic E-state index is -1.11. The van der Waals surface area contributed by atoms with Gasteiger partial charge in [-0.15, -0.1) is 0 Å². The summed E-state index contributed by atoms with van der Waals surface area (Å²) in [5, 5.41) is 22.3. The van der Waals surface area contributed by atoms with Gasteiger partial charge in [0.1, 0.15) is 11.8 Å². The van der Waals surface area contributed by atoms with Gasteiger partial charge in [-0.3, -0.25) is 25.0 Å². The van der Waals surface area contributed by atoms with E-state index in [1.165, 1.54) is 18.2 Å². The third kappa shape index (κ3) is 4.89. The first-order chi connectivity index (χ1) is 14.2. The molecular formula is C19H17N3O8. The highest BCUT2D eigenvalue weighted by Crippen LogP contribution is 2.33. The molecule has 0 saturated carbocycles. The summed E-state index contributed by atoms with van der Waals surface area (Å²) in [5.74, 6) is -1.43. The number of hydrogen-bond acceptors (Lipinski definition) is 8. The number of nitrogens with zero attached hydrogens (tertiary/aromatic N) is 1. The Hall–Kier alpha value is -3.99.